The van der Waals surface area contributed by atoms with Gasteiger partial charge in [-0.2, -0.15) is 4.98 Å². The van der Waals surface area contributed by atoms with E-state index in [4.69, 9.17) is 16.0 Å². The molecule has 3 aromatic rings. The Morgan fingerprint density at radius 1 is 1.00 bits per heavy atom. The van der Waals surface area contributed by atoms with Gasteiger partial charge in [-0.05, 0) is 24.3 Å². The standard InChI is InChI=1S/C16H9ClN2O2/c17-9-5-7-10(8-6-9)18-16-19-13-11-3-1-2-4-12(11)14(20)15(13)21-16/h1-8H,(H,18,19). The van der Waals surface area contributed by atoms with Crippen LogP contribution in [0, 0.1) is 0 Å². The number of fused-ring (bicyclic) bond motifs is 3. The molecule has 102 valence electrons. The minimum atomic E-state index is -0.128. The molecule has 0 amide bonds. The molecule has 0 aliphatic heterocycles. The molecule has 0 unspecified atom stereocenters. The summed E-state index contributed by atoms with van der Waals surface area (Å²) in [6, 6.07) is 14.8. The summed E-state index contributed by atoms with van der Waals surface area (Å²) in [6.45, 7) is 0. The average Bonchev–Trinajstić information content (AvgIpc) is 3.02. The number of aromatic nitrogens is 1. The molecule has 0 bridgehead atoms. The lowest BCUT2D eigenvalue weighted by Crippen LogP contribution is -1.94. The molecule has 0 fully saturated rings. The molecule has 1 aliphatic rings. The van der Waals surface area contributed by atoms with Gasteiger partial charge in [0, 0.05) is 21.8 Å². The van der Waals surface area contributed by atoms with Crippen LogP contribution < -0.4 is 5.32 Å². The first-order valence-corrected chi connectivity index (χ1v) is 6.78. The molecule has 0 saturated carbocycles. The first-order chi connectivity index (χ1) is 10.2. The molecule has 0 saturated heterocycles. The van der Waals surface area contributed by atoms with Crippen molar-refractivity contribution in [2.24, 2.45) is 0 Å². The first-order valence-electron chi connectivity index (χ1n) is 6.40. The summed E-state index contributed by atoms with van der Waals surface area (Å²) in [5, 5.41) is 3.68. The Bertz CT molecular complexity index is 853. The molecule has 1 aliphatic carbocycles. The lowest BCUT2D eigenvalue weighted by Gasteiger charge is -2.01. The van der Waals surface area contributed by atoms with Crippen LogP contribution in [0.5, 0.6) is 0 Å². The minimum Gasteiger partial charge on any atom is -0.419 e. The van der Waals surface area contributed by atoms with Crippen molar-refractivity contribution < 1.29 is 9.21 Å². The maximum Gasteiger partial charge on any atom is 0.300 e. The summed E-state index contributed by atoms with van der Waals surface area (Å²) in [6.07, 6.45) is 0. The molecule has 4 nitrogen and oxygen atoms in total. The third-order valence-corrected chi connectivity index (χ3v) is 3.61. The smallest absolute Gasteiger partial charge is 0.300 e. The second-order valence-corrected chi connectivity index (χ2v) is 5.14. The van der Waals surface area contributed by atoms with Gasteiger partial charge in [-0.25, -0.2) is 0 Å². The second-order valence-electron chi connectivity index (χ2n) is 4.70. The zero-order chi connectivity index (χ0) is 14.4. The summed E-state index contributed by atoms with van der Waals surface area (Å²) >= 11 is 5.84. The summed E-state index contributed by atoms with van der Waals surface area (Å²) in [7, 11) is 0. The maximum atomic E-state index is 12.2. The van der Waals surface area contributed by atoms with Crippen molar-refractivity contribution in [2.75, 3.05) is 5.32 Å². The summed E-state index contributed by atoms with van der Waals surface area (Å²) in [5.41, 5.74) is 2.83. The number of nitrogens with one attached hydrogen (secondary N) is 1. The van der Waals surface area contributed by atoms with Crippen LogP contribution in [0.15, 0.2) is 52.9 Å². The number of anilines is 2. The minimum absolute atomic E-state index is 0.128. The summed E-state index contributed by atoms with van der Waals surface area (Å²) < 4.78 is 5.55. The van der Waals surface area contributed by atoms with E-state index in [1.54, 1.807) is 18.2 Å². The molecule has 4 rings (SSSR count). The predicted octanol–water partition coefficient (Wildman–Crippen LogP) is 4.28. The van der Waals surface area contributed by atoms with Gasteiger partial charge < -0.3 is 9.73 Å². The fourth-order valence-corrected chi connectivity index (χ4v) is 2.50. The van der Waals surface area contributed by atoms with Crippen LogP contribution in [0.2, 0.25) is 5.02 Å². The molecular formula is C16H9ClN2O2. The van der Waals surface area contributed by atoms with E-state index in [1.807, 2.05) is 30.3 Å². The Morgan fingerprint density at radius 3 is 2.48 bits per heavy atom. The van der Waals surface area contributed by atoms with E-state index in [2.05, 4.69) is 10.3 Å². The van der Waals surface area contributed by atoms with E-state index < -0.39 is 0 Å². The number of halogens is 1. The molecule has 0 radical (unpaired) electrons. The lowest BCUT2D eigenvalue weighted by molar-refractivity contribution is 0.102. The van der Waals surface area contributed by atoms with Crippen LogP contribution in [0.1, 0.15) is 16.1 Å². The highest BCUT2D eigenvalue weighted by Crippen LogP contribution is 2.37. The van der Waals surface area contributed by atoms with Gasteiger partial charge in [0.05, 0.1) is 0 Å². The summed E-state index contributed by atoms with van der Waals surface area (Å²) in [4.78, 5) is 16.6. The molecule has 0 spiro atoms. The van der Waals surface area contributed by atoms with Crippen LogP contribution in [0.3, 0.4) is 0 Å². The molecule has 1 heterocycles. The molecule has 1 N–H and O–H groups in total. The van der Waals surface area contributed by atoms with E-state index in [9.17, 15) is 4.79 Å². The van der Waals surface area contributed by atoms with Gasteiger partial charge in [-0.15, -0.1) is 0 Å². The molecular weight excluding hydrogens is 288 g/mol. The number of benzene rings is 2. The normalized spacial score (nSPS) is 12.1. The van der Waals surface area contributed by atoms with E-state index >= 15 is 0 Å². The van der Waals surface area contributed by atoms with Crippen LogP contribution in [0.25, 0.3) is 11.3 Å². The molecule has 21 heavy (non-hydrogen) atoms. The van der Waals surface area contributed by atoms with Crippen molar-refractivity contribution >= 4 is 29.1 Å². The van der Waals surface area contributed by atoms with Crippen LogP contribution in [-0.2, 0) is 0 Å². The third kappa shape index (κ3) is 1.92. The van der Waals surface area contributed by atoms with Crippen LogP contribution in [-0.4, -0.2) is 10.8 Å². The highest BCUT2D eigenvalue weighted by molar-refractivity contribution is 6.30. The Labute approximate surface area is 125 Å². The zero-order valence-corrected chi connectivity index (χ0v) is 11.5. The van der Waals surface area contributed by atoms with Crippen LogP contribution in [0.4, 0.5) is 11.7 Å². The van der Waals surface area contributed by atoms with Crippen molar-refractivity contribution in [1.82, 2.24) is 4.98 Å². The average molecular weight is 297 g/mol. The Hall–Kier alpha value is -2.59. The topological polar surface area (TPSA) is 55.1 Å². The highest BCUT2D eigenvalue weighted by atomic mass is 35.5. The largest absolute Gasteiger partial charge is 0.419 e. The monoisotopic (exact) mass is 296 g/mol. The van der Waals surface area contributed by atoms with E-state index in [0.29, 0.717) is 22.3 Å². The number of ketones is 1. The predicted molar refractivity (Wildman–Crippen MR) is 80.1 cm³/mol. The number of hydrogen-bond acceptors (Lipinski definition) is 4. The van der Waals surface area contributed by atoms with E-state index in [1.165, 1.54) is 0 Å². The summed E-state index contributed by atoms with van der Waals surface area (Å²) in [5.74, 6) is 0.157. The quantitative estimate of drug-likeness (QED) is 0.600. The number of hydrogen-bond donors (Lipinski definition) is 1. The number of nitrogens with zero attached hydrogens (tertiary/aromatic N) is 1. The van der Waals surface area contributed by atoms with Gasteiger partial charge in [-0.3, -0.25) is 4.79 Å². The second kappa shape index (κ2) is 4.46. The van der Waals surface area contributed by atoms with Crippen molar-refractivity contribution in [3.63, 3.8) is 0 Å². The van der Waals surface area contributed by atoms with Crippen molar-refractivity contribution in [2.45, 2.75) is 0 Å². The van der Waals surface area contributed by atoms with Gasteiger partial charge in [0.2, 0.25) is 11.5 Å². The lowest BCUT2D eigenvalue weighted by atomic mass is 10.1. The Morgan fingerprint density at radius 2 is 1.71 bits per heavy atom. The Kier molecular flexibility index (Phi) is 2.59. The van der Waals surface area contributed by atoms with Crippen molar-refractivity contribution in [1.29, 1.82) is 0 Å². The van der Waals surface area contributed by atoms with Gasteiger partial charge in [0.15, 0.2) is 0 Å². The van der Waals surface area contributed by atoms with Crippen LogP contribution >= 0.6 is 11.6 Å². The van der Waals surface area contributed by atoms with Crippen molar-refractivity contribution in [3.8, 4) is 11.3 Å². The molecule has 2 aromatic carbocycles. The van der Waals surface area contributed by atoms with E-state index in [0.717, 1.165) is 11.3 Å². The van der Waals surface area contributed by atoms with Gasteiger partial charge in [0.25, 0.3) is 6.01 Å². The molecule has 1 aromatic heterocycles. The first kappa shape index (κ1) is 12.2. The fourth-order valence-electron chi connectivity index (χ4n) is 2.38. The molecule has 0 atom stereocenters. The zero-order valence-electron chi connectivity index (χ0n) is 10.8. The van der Waals surface area contributed by atoms with E-state index in [-0.39, 0.29) is 11.5 Å². The number of carbonyl (C=O) groups is 1. The number of rotatable bonds is 2. The SMILES string of the molecule is O=C1c2ccccc2-c2nc(Nc3ccc(Cl)cc3)oc21. The Balaban J connectivity index is 1.72. The van der Waals surface area contributed by atoms with Gasteiger partial charge >= 0.3 is 0 Å². The number of carbonyl (C=O) groups excluding carboxylic acids is 1. The maximum absolute atomic E-state index is 12.2. The van der Waals surface area contributed by atoms with Gasteiger partial charge in [-0.1, -0.05) is 35.9 Å². The van der Waals surface area contributed by atoms with Crippen molar-refractivity contribution in [3.05, 3.63) is 64.9 Å². The third-order valence-electron chi connectivity index (χ3n) is 3.36. The fraction of sp³-hybridized carbons (Fsp3) is 0. The molecule has 5 heteroatoms. The number of oxazole rings is 1. The van der Waals surface area contributed by atoms with Gasteiger partial charge in [0.1, 0.15) is 5.69 Å². The highest BCUT2D eigenvalue weighted by Gasteiger charge is 2.32.